The van der Waals surface area contributed by atoms with Crippen molar-refractivity contribution in [3.05, 3.63) is 54.9 Å². The highest BCUT2D eigenvalue weighted by Crippen LogP contribution is 2.23. The monoisotopic (exact) mass is 512 g/mol. The van der Waals surface area contributed by atoms with E-state index in [1.165, 1.54) is 0 Å². The maximum absolute atomic E-state index is 12.0. The summed E-state index contributed by atoms with van der Waals surface area (Å²) in [5.41, 5.74) is 2.33. The molecule has 5 rings (SSSR count). The Morgan fingerprint density at radius 3 is 2.46 bits per heavy atom. The molecule has 1 N–H and O–H groups in total. The molecule has 1 aromatic carbocycles. The number of anilines is 3. The van der Waals surface area contributed by atoms with Crippen molar-refractivity contribution >= 4 is 53.7 Å². The van der Waals surface area contributed by atoms with Crippen molar-refractivity contribution in [1.29, 1.82) is 0 Å². The normalized spacial score (nSPS) is 15.8. The Morgan fingerprint density at radius 2 is 1.74 bits per heavy atom. The summed E-state index contributed by atoms with van der Waals surface area (Å²) < 4.78 is 41.1. The number of fused-ring (bicyclic) bond motifs is 1. The molecule has 0 unspecified atom stereocenters. The molecule has 4 heterocycles. The van der Waals surface area contributed by atoms with E-state index in [4.69, 9.17) is 0 Å². The van der Waals surface area contributed by atoms with Crippen LogP contribution >= 0.6 is 0 Å². The molecule has 0 amide bonds. The molecule has 0 radical (unpaired) electrons. The van der Waals surface area contributed by atoms with Crippen LogP contribution in [0.25, 0.3) is 16.9 Å². The summed E-state index contributed by atoms with van der Waals surface area (Å²) in [4.78, 5) is 15.5. The first-order valence-corrected chi connectivity index (χ1v) is 15.0. The van der Waals surface area contributed by atoms with Crippen LogP contribution in [0, 0.1) is 0 Å². The van der Waals surface area contributed by atoms with Crippen LogP contribution in [0.3, 0.4) is 0 Å². The minimum atomic E-state index is -2.92. The third kappa shape index (κ3) is 5.41. The Labute approximate surface area is 203 Å². The van der Waals surface area contributed by atoms with E-state index in [0.717, 1.165) is 16.8 Å². The second kappa shape index (κ2) is 8.89. The quantitative estimate of drug-likeness (QED) is 0.428. The highest BCUT2D eigenvalue weighted by molar-refractivity contribution is 7.92. The largest absolute Gasteiger partial charge is 0.369 e. The maximum Gasteiger partial charge on any atom is 0.229 e. The molecule has 0 saturated carbocycles. The molecule has 0 spiro atoms. The fourth-order valence-corrected chi connectivity index (χ4v) is 5.46. The van der Waals surface area contributed by atoms with Crippen molar-refractivity contribution in [3.8, 4) is 5.82 Å². The lowest BCUT2D eigenvalue weighted by molar-refractivity contribution is 0.587. The number of nitrogens with zero attached hydrogens (tertiary/aromatic N) is 7. The van der Waals surface area contributed by atoms with E-state index in [1.54, 1.807) is 47.8 Å². The molecule has 4 aromatic rings. The van der Waals surface area contributed by atoms with Crippen molar-refractivity contribution in [2.45, 2.75) is 0 Å². The standard InChI is InChI=1S/C22H24N8O3S2/c1-34(2,31)28-19-4-3-5-20(26-19)30-21-16(15-24-30)14-23-22(27-21)25-17-6-8-18(9-7-17)29-10-12-35(32,33)13-11-29/h3-9,14-15H,10-13H2,1-2H3,(H,23,25,27). The van der Waals surface area contributed by atoms with E-state index < -0.39 is 19.6 Å². The van der Waals surface area contributed by atoms with Crippen LogP contribution in [0.4, 0.5) is 23.1 Å². The first-order valence-electron chi connectivity index (χ1n) is 10.8. The van der Waals surface area contributed by atoms with Gasteiger partial charge in [0.1, 0.15) is 0 Å². The van der Waals surface area contributed by atoms with E-state index in [-0.39, 0.29) is 11.5 Å². The molecule has 0 aliphatic carbocycles. The predicted octanol–water partition coefficient (Wildman–Crippen LogP) is 2.55. The minimum absolute atomic E-state index is 0.177. The molecule has 1 aliphatic rings. The van der Waals surface area contributed by atoms with E-state index in [1.807, 2.05) is 24.3 Å². The van der Waals surface area contributed by atoms with Crippen LogP contribution in [0.5, 0.6) is 0 Å². The lowest BCUT2D eigenvalue weighted by Crippen LogP contribution is -2.40. The predicted molar refractivity (Wildman–Crippen MR) is 137 cm³/mol. The molecule has 182 valence electrons. The summed E-state index contributed by atoms with van der Waals surface area (Å²) in [5.74, 6) is 1.61. The van der Waals surface area contributed by atoms with Crippen LogP contribution in [-0.2, 0) is 19.6 Å². The lowest BCUT2D eigenvalue weighted by atomic mass is 10.2. The summed E-state index contributed by atoms with van der Waals surface area (Å²) in [7, 11) is -5.26. The van der Waals surface area contributed by atoms with Gasteiger partial charge < -0.3 is 10.2 Å². The highest BCUT2D eigenvalue weighted by atomic mass is 32.2. The van der Waals surface area contributed by atoms with Crippen LogP contribution in [0.2, 0.25) is 0 Å². The fourth-order valence-electron chi connectivity index (χ4n) is 3.71. The van der Waals surface area contributed by atoms with E-state index in [9.17, 15) is 12.6 Å². The average Bonchev–Trinajstić information content (AvgIpc) is 3.22. The number of hydrogen-bond donors (Lipinski definition) is 1. The molecule has 35 heavy (non-hydrogen) atoms. The Balaban J connectivity index is 1.38. The van der Waals surface area contributed by atoms with Gasteiger partial charge in [0.15, 0.2) is 27.1 Å². The zero-order chi connectivity index (χ0) is 24.6. The van der Waals surface area contributed by atoms with Gasteiger partial charge in [0, 0.05) is 52.9 Å². The first-order chi connectivity index (χ1) is 16.7. The van der Waals surface area contributed by atoms with Crippen molar-refractivity contribution in [2.75, 3.05) is 47.3 Å². The van der Waals surface area contributed by atoms with Gasteiger partial charge in [0.05, 0.1) is 23.1 Å². The molecule has 0 bridgehead atoms. The van der Waals surface area contributed by atoms with Crippen molar-refractivity contribution in [2.24, 2.45) is 4.36 Å². The number of sulfone groups is 1. The van der Waals surface area contributed by atoms with Crippen LogP contribution in [-0.4, -0.2) is 74.5 Å². The van der Waals surface area contributed by atoms with Crippen molar-refractivity contribution < 1.29 is 12.6 Å². The molecular weight excluding hydrogens is 488 g/mol. The maximum atomic E-state index is 12.0. The summed E-state index contributed by atoms with van der Waals surface area (Å²) >= 11 is 0. The summed E-state index contributed by atoms with van der Waals surface area (Å²) in [6, 6.07) is 12.9. The van der Waals surface area contributed by atoms with Gasteiger partial charge >= 0.3 is 0 Å². The fraction of sp³-hybridized carbons (Fsp3) is 0.273. The third-order valence-electron chi connectivity index (χ3n) is 5.39. The summed E-state index contributed by atoms with van der Waals surface area (Å²) in [6.45, 7) is 0.990. The van der Waals surface area contributed by atoms with Crippen LogP contribution < -0.4 is 10.2 Å². The molecule has 13 heteroatoms. The third-order valence-corrected chi connectivity index (χ3v) is 7.63. The number of rotatable bonds is 5. The van der Waals surface area contributed by atoms with Gasteiger partial charge in [-0.3, -0.25) is 0 Å². The Hall–Kier alpha value is -3.58. The number of hydrogen-bond acceptors (Lipinski definition) is 10. The zero-order valence-electron chi connectivity index (χ0n) is 19.2. The zero-order valence-corrected chi connectivity index (χ0v) is 20.8. The molecule has 1 fully saturated rings. The number of nitrogens with one attached hydrogen (secondary N) is 1. The minimum Gasteiger partial charge on any atom is -0.369 e. The Morgan fingerprint density at radius 1 is 1.00 bits per heavy atom. The smallest absolute Gasteiger partial charge is 0.229 e. The van der Waals surface area contributed by atoms with Gasteiger partial charge in [-0.1, -0.05) is 6.07 Å². The second-order valence-electron chi connectivity index (χ2n) is 8.47. The van der Waals surface area contributed by atoms with Crippen molar-refractivity contribution in [3.63, 3.8) is 0 Å². The molecule has 1 aliphatic heterocycles. The van der Waals surface area contributed by atoms with Gasteiger partial charge in [-0.2, -0.15) is 19.1 Å². The SMILES string of the molecule is CS(C)(=O)=Nc1cccc(-n2ncc3cnc(Nc4ccc(N5CCS(=O)(=O)CC5)cc4)nc32)n1. The van der Waals surface area contributed by atoms with Gasteiger partial charge in [-0.15, -0.1) is 0 Å². The summed E-state index contributed by atoms with van der Waals surface area (Å²) in [6.07, 6.45) is 6.44. The van der Waals surface area contributed by atoms with Gasteiger partial charge in [-0.25, -0.2) is 22.6 Å². The van der Waals surface area contributed by atoms with Crippen LogP contribution in [0.15, 0.2) is 59.2 Å². The molecule has 11 nitrogen and oxygen atoms in total. The molecular formula is C22H24N8O3S2. The Kier molecular flexibility index (Phi) is 5.89. The van der Waals surface area contributed by atoms with Crippen LogP contribution in [0.1, 0.15) is 0 Å². The highest BCUT2D eigenvalue weighted by Gasteiger charge is 2.21. The van der Waals surface area contributed by atoms with Gasteiger partial charge in [0.25, 0.3) is 0 Å². The van der Waals surface area contributed by atoms with Crippen molar-refractivity contribution in [1.82, 2.24) is 24.7 Å². The first kappa shape index (κ1) is 23.2. The Bertz CT molecular complexity index is 1600. The van der Waals surface area contributed by atoms with E-state index in [2.05, 4.69) is 34.6 Å². The second-order valence-corrected chi connectivity index (χ2v) is 13.3. The molecule has 3 aromatic heterocycles. The molecule has 1 saturated heterocycles. The van der Waals surface area contributed by atoms with E-state index >= 15 is 0 Å². The number of benzene rings is 1. The lowest BCUT2D eigenvalue weighted by Gasteiger charge is -2.28. The summed E-state index contributed by atoms with van der Waals surface area (Å²) in [5, 5.41) is 8.32. The molecule has 0 atom stereocenters. The number of pyridine rings is 1. The number of aromatic nitrogens is 5. The van der Waals surface area contributed by atoms with E-state index in [0.29, 0.717) is 36.3 Å². The van der Waals surface area contributed by atoms with Gasteiger partial charge in [-0.05, 0) is 36.4 Å². The van der Waals surface area contributed by atoms with Gasteiger partial charge in [0.2, 0.25) is 5.95 Å². The average molecular weight is 513 g/mol. The topological polar surface area (TPSA) is 135 Å².